The summed E-state index contributed by atoms with van der Waals surface area (Å²) in [6.45, 7) is 0. The third kappa shape index (κ3) is 2.66. The Kier molecular flexibility index (Phi) is 3.83. The summed E-state index contributed by atoms with van der Waals surface area (Å²) >= 11 is 6.27. The van der Waals surface area contributed by atoms with Crippen LogP contribution in [0.1, 0.15) is 44.6 Å². The number of nitrogens with zero attached hydrogens (tertiary/aromatic N) is 3. The van der Waals surface area contributed by atoms with Crippen LogP contribution in [-0.2, 0) is 0 Å². The average molecular weight is 276 g/mol. The summed E-state index contributed by atoms with van der Waals surface area (Å²) in [5.74, 6) is 0.900. The fourth-order valence-electron chi connectivity index (χ4n) is 2.90. The maximum Gasteiger partial charge on any atom is 0.225 e. The Morgan fingerprint density at radius 2 is 1.63 bits per heavy atom. The van der Waals surface area contributed by atoms with Gasteiger partial charge in [0.1, 0.15) is 0 Å². The summed E-state index contributed by atoms with van der Waals surface area (Å²) in [5, 5.41) is 8.87. The third-order valence-corrected chi connectivity index (χ3v) is 4.13. The molecule has 0 radical (unpaired) electrons. The van der Waals surface area contributed by atoms with Crippen LogP contribution in [0.2, 0.25) is 5.28 Å². The number of hydrogen-bond donors (Lipinski definition) is 0. The van der Waals surface area contributed by atoms with E-state index in [-0.39, 0.29) is 0 Å². The first-order chi connectivity index (χ1) is 9.36. The van der Waals surface area contributed by atoms with Gasteiger partial charge < -0.3 is 0 Å². The van der Waals surface area contributed by atoms with Gasteiger partial charge in [0.15, 0.2) is 5.82 Å². The van der Waals surface area contributed by atoms with Crippen LogP contribution in [-0.4, -0.2) is 14.8 Å². The van der Waals surface area contributed by atoms with Crippen molar-refractivity contribution in [2.24, 2.45) is 0 Å². The first-order valence-corrected chi connectivity index (χ1v) is 7.40. The Labute approximate surface area is 118 Å². The first-order valence-electron chi connectivity index (χ1n) is 7.02. The van der Waals surface area contributed by atoms with Crippen LogP contribution in [0.25, 0.3) is 11.4 Å². The summed E-state index contributed by atoms with van der Waals surface area (Å²) in [6, 6.07) is 10.6. The Morgan fingerprint density at radius 1 is 0.947 bits per heavy atom. The van der Waals surface area contributed by atoms with Crippen LogP contribution in [0.5, 0.6) is 0 Å². The topological polar surface area (TPSA) is 30.7 Å². The molecule has 3 nitrogen and oxygen atoms in total. The predicted octanol–water partition coefficient (Wildman–Crippen LogP) is 4.49. The normalized spacial score (nSPS) is 17.3. The molecule has 0 aliphatic heterocycles. The van der Waals surface area contributed by atoms with Crippen molar-refractivity contribution in [2.45, 2.75) is 44.6 Å². The van der Waals surface area contributed by atoms with E-state index in [9.17, 15) is 0 Å². The average Bonchev–Trinajstić information content (AvgIpc) is 2.66. The van der Waals surface area contributed by atoms with E-state index in [1.165, 1.54) is 38.5 Å². The smallest absolute Gasteiger partial charge is 0.225 e. The summed E-state index contributed by atoms with van der Waals surface area (Å²) < 4.78 is 2.13. The molecule has 0 saturated heterocycles. The highest BCUT2D eigenvalue weighted by atomic mass is 35.5. The van der Waals surface area contributed by atoms with Gasteiger partial charge in [0, 0.05) is 11.6 Å². The molecule has 19 heavy (non-hydrogen) atoms. The molecule has 1 aromatic heterocycles. The van der Waals surface area contributed by atoms with Crippen molar-refractivity contribution >= 4 is 11.6 Å². The molecule has 1 saturated carbocycles. The molecular formula is C15H18ClN3. The molecule has 1 aliphatic carbocycles. The van der Waals surface area contributed by atoms with E-state index >= 15 is 0 Å². The first kappa shape index (κ1) is 12.7. The fraction of sp³-hybridized carbons (Fsp3) is 0.467. The standard InChI is InChI=1S/C15H18ClN3/c16-15-18-17-14(12-8-4-3-5-9-12)19(15)13-10-6-1-2-7-11-13/h3-5,8-9,13H,1-2,6-7,10-11H2. The van der Waals surface area contributed by atoms with E-state index in [1.807, 2.05) is 18.2 Å². The third-order valence-electron chi connectivity index (χ3n) is 3.88. The highest BCUT2D eigenvalue weighted by molar-refractivity contribution is 6.28. The molecule has 1 heterocycles. The minimum atomic E-state index is 0.445. The van der Waals surface area contributed by atoms with Gasteiger partial charge in [-0.25, -0.2) is 0 Å². The lowest BCUT2D eigenvalue weighted by molar-refractivity contribution is 0.447. The number of rotatable bonds is 2. The predicted molar refractivity (Wildman–Crippen MR) is 77.2 cm³/mol. The molecule has 3 rings (SSSR count). The monoisotopic (exact) mass is 275 g/mol. The lowest BCUT2D eigenvalue weighted by Gasteiger charge is -2.18. The fourth-order valence-corrected chi connectivity index (χ4v) is 3.15. The van der Waals surface area contributed by atoms with Crippen molar-refractivity contribution in [3.05, 3.63) is 35.6 Å². The van der Waals surface area contributed by atoms with E-state index < -0.39 is 0 Å². The summed E-state index contributed by atoms with van der Waals surface area (Å²) in [6.07, 6.45) is 7.56. The van der Waals surface area contributed by atoms with Gasteiger partial charge >= 0.3 is 0 Å². The number of aromatic nitrogens is 3. The summed E-state index contributed by atoms with van der Waals surface area (Å²) in [5.41, 5.74) is 1.09. The lowest BCUT2D eigenvalue weighted by atomic mass is 10.1. The SMILES string of the molecule is Clc1nnc(-c2ccccc2)n1C1CCCCCC1. The molecule has 100 valence electrons. The van der Waals surface area contributed by atoms with E-state index in [2.05, 4.69) is 26.9 Å². The molecule has 1 aromatic carbocycles. The minimum Gasteiger partial charge on any atom is -0.295 e. The van der Waals surface area contributed by atoms with Crippen LogP contribution >= 0.6 is 11.6 Å². The van der Waals surface area contributed by atoms with E-state index in [0.29, 0.717) is 11.3 Å². The number of benzene rings is 1. The van der Waals surface area contributed by atoms with Crippen LogP contribution in [0, 0.1) is 0 Å². The molecular weight excluding hydrogens is 258 g/mol. The molecule has 1 aliphatic rings. The van der Waals surface area contributed by atoms with Crippen molar-refractivity contribution in [1.82, 2.24) is 14.8 Å². The van der Waals surface area contributed by atoms with Gasteiger partial charge in [0.05, 0.1) is 0 Å². The van der Waals surface area contributed by atoms with Crippen LogP contribution in [0.15, 0.2) is 30.3 Å². The van der Waals surface area contributed by atoms with Crippen molar-refractivity contribution in [1.29, 1.82) is 0 Å². The molecule has 0 unspecified atom stereocenters. The van der Waals surface area contributed by atoms with Gasteiger partial charge in [-0.05, 0) is 24.4 Å². The van der Waals surface area contributed by atoms with Crippen molar-refractivity contribution in [3.63, 3.8) is 0 Å². The van der Waals surface area contributed by atoms with Crippen molar-refractivity contribution < 1.29 is 0 Å². The highest BCUT2D eigenvalue weighted by Crippen LogP contribution is 2.33. The van der Waals surface area contributed by atoms with Gasteiger partial charge in [-0.3, -0.25) is 4.57 Å². The van der Waals surface area contributed by atoms with Gasteiger partial charge in [0.25, 0.3) is 0 Å². The van der Waals surface area contributed by atoms with Gasteiger partial charge in [-0.1, -0.05) is 56.0 Å². The molecule has 0 N–H and O–H groups in total. The Balaban J connectivity index is 1.98. The Bertz CT molecular complexity index is 528. The van der Waals surface area contributed by atoms with Crippen molar-refractivity contribution in [3.8, 4) is 11.4 Å². The van der Waals surface area contributed by atoms with Crippen LogP contribution < -0.4 is 0 Å². The quantitative estimate of drug-likeness (QED) is 0.756. The van der Waals surface area contributed by atoms with Gasteiger partial charge in [-0.15, -0.1) is 10.2 Å². The van der Waals surface area contributed by atoms with Gasteiger partial charge in [-0.2, -0.15) is 0 Å². The second kappa shape index (κ2) is 5.74. The second-order valence-corrected chi connectivity index (χ2v) is 5.51. The number of hydrogen-bond acceptors (Lipinski definition) is 2. The Morgan fingerprint density at radius 3 is 2.32 bits per heavy atom. The molecule has 0 amide bonds. The molecule has 0 bridgehead atoms. The zero-order chi connectivity index (χ0) is 13.1. The van der Waals surface area contributed by atoms with Crippen molar-refractivity contribution in [2.75, 3.05) is 0 Å². The lowest BCUT2D eigenvalue weighted by Crippen LogP contribution is -2.10. The molecule has 4 heteroatoms. The van der Waals surface area contributed by atoms with Crippen LogP contribution in [0.3, 0.4) is 0 Å². The zero-order valence-electron chi connectivity index (χ0n) is 10.9. The maximum absolute atomic E-state index is 6.27. The highest BCUT2D eigenvalue weighted by Gasteiger charge is 2.21. The van der Waals surface area contributed by atoms with E-state index in [4.69, 9.17) is 11.6 Å². The Hall–Kier alpha value is -1.35. The van der Waals surface area contributed by atoms with Crippen LogP contribution in [0.4, 0.5) is 0 Å². The largest absolute Gasteiger partial charge is 0.295 e. The van der Waals surface area contributed by atoms with Gasteiger partial charge in [0.2, 0.25) is 5.28 Å². The zero-order valence-corrected chi connectivity index (χ0v) is 11.7. The maximum atomic E-state index is 6.27. The number of halogens is 1. The van der Waals surface area contributed by atoms with E-state index in [1.54, 1.807) is 0 Å². The second-order valence-electron chi connectivity index (χ2n) is 5.17. The summed E-state index contributed by atoms with van der Waals surface area (Å²) in [7, 11) is 0. The molecule has 1 fully saturated rings. The molecule has 0 atom stereocenters. The minimum absolute atomic E-state index is 0.445. The summed E-state index contributed by atoms with van der Waals surface area (Å²) in [4.78, 5) is 0. The molecule has 0 spiro atoms. The van der Waals surface area contributed by atoms with E-state index in [0.717, 1.165) is 11.4 Å². The molecule has 2 aromatic rings.